The molecule has 0 aliphatic carbocycles. The number of rotatable bonds is 1. The van der Waals surface area contributed by atoms with Gasteiger partial charge in [-0.1, -0.05) is 0 Å². The van der Waals surface area contributed by atoms with E-state index in [1.54, 1.807) is 0 Å². The van der Waals surface area contributed by atoms with Crippen molar-refractivity contribution in [1.82, 2.24) is 5.32 Å². The van der Waals surface area contributed by atoms with E-state index in [4.69, 9.17) is 0 Å². The number of benzene rings is 1. The molecule has 1 saturated heterocycles. The molecule has 0 bridgehead atoms. The van der Waals surface area contributed by atoms with Gasteiger partial charge in [0, 0.05) is 18.2 Å². The van der Waals surface area contributed by atoms with E-state index in [0.29, 0.717) is 0 Å². The van der Waals surface area contributed by atoms with Gasteiger partial charge in [-0.25, -0.2) is 13.2 Å². The third-order valence-corrected chi connectivity index (χ3v) is 2.41. The first-order chi connectivity index (χ1) is 6.66. The Morgan fingerprint density at radius 1 is 1.29 bits per heavy atom. The minimum atomic E-state index is -0.970. The molecular formula is C10H10F3N. The molecular weight excluding hydrogens is 191 g/mol. The van der Waals surface area contributed by atoms with Crippen molar-refractivity contribution in [3.05, 3.63) is 35.4 Å². The van der Waals surface area contributed by atoms with Gasteiger partial charge in [0.1, 0.15) is 17.8 Å². The third-order valence-electron chi connectivity index (χ3n) is 2.41. The highest BCUT2D eigenvalue weighted by Crippen LogP contribution is 2.27. The normalized spacial score (nSPS) is 26.8. The van der Waals surface area contributed by atoms with Crippen LogP contribution in [0.4, 0.5) is 13.2 Å². The number of alkyl halides is 1. The summed E-state index contributed by atoms with van der Waals surface area (Å²) in [5.74, 6) is -0.983. The van der Waals surface area contributed by atoms with Gasteiger partial charge in [-0.15, -0.1) is 0 Å². The first kappa shape index (κ1) is 9.52. The second-order valence-electron chi connectivity index (χ2n) is 3.46. The van der Waals surface area contributed by atoms with Gasteiger partial charge in [-0.05, 0) is 24.6 Å². The van der Waals surface area contributed by atoms with E-state index in [1.807, 2.05) is 0 Å². The van der Waals surface area contributed by atoms with Gasteiger partial charge in [0.2, 0.25) is 0 Å². The summed E-state index contributed by atoms with van der Waals surface area (Å²) in [6.07, 6.45) is -0.761. The van der Waals surface area contributed by atoms with Crippen LogP contribution in [-0.4, -0.2) is 12.7 Å². The molecule has 4 heteroatoms. The summed E-state index contributed by atoms with van der Waals surface area (Å²) in [5.41, 5.74) is 0.213. The van der Waals surface area contributed by atoms with Gasteiger partial charge in [0.15, 0.2) is 0 Å². The van der Waals surface area contributed by atoms with Gasteiger partial charge in [0.05, 0.1) is 0 Å². The molecule has 2 rings (SSSR count). The Bertz CT molecular complexity index is 340. The van der Waals surface area contributed by atoms with Crippen molar-refractivity contribution >= 4 is 0 Å². The molecule has 0 radical (unpaired) electrons. The Morgan fingerprint density at radius 3 is 2.71 bits per heavy atom. The molecule has 0 aromatic heterocycles. The highest BCUT2D eigenvalue weighted by atomic mass is 19.1. The summed E-state index contributed by atoms with van der Waals surface area (Å²) in [7, 11) is 0. The van der Waals surface area contributed by atoms with Crippen molar-refractivity contribution in [2.75, 3.05) is 6.54 Å². The van der Waals surface area contributed by atoms with Gasteiger partial charge in [-0.2, -0.15) is 0 Å². The SMILES string of the molecule is Fc1ccc(F)c([C@@H]2C[C@@H](F)CN2)c1. The molecule has 1 nitrogen and oxygen atoms in total. The van der Waals surface area contributed by atoms with Gasteiger partial charge >= 0.3 is 0 Å². The van der Waals surface area contributed by atoms with Crippen LogP contribution in [0.2, 0.25) is 0 Å². The van der Waals surface area contributed by atoms with Gasteiger partial charge in [0.25, 0.3) is 0 Å². The number of hydrogen-bond donors (Lipinski definition) is 1. The molecule has 0 saturated carbocycles. The minimum Gasteiger partial charge on any atom is -0.307 e. The second-order valence-corrected chi connectivity index (χ2v) is 3.46. The van der Waals surface area contributed by atoms with Crippen LogP contribution in [0.3, 0.4) is 0 Å². The van der Waals surface area contributed by atoms with Crippen molar-refractivity contribution in [3.8, 4) is 0 Å². The predicted molar refractivity (Wildman–Crippen MR) is 46.6 cm³/mol. The molecule has 1 aromatic rings. The largest absolute Gasteiger partial charge is 0.307 e. The summed E-state index contributed by atoms with van der Waals surface area (Å²) >= 11 is 0. The molecule has 0 spiro atoms. The highest BCUT2D eigenvalue weighted by molar-refractivity contribution is 5.23. The fourth-order valence-corrected chi connectivity index (χ4v) is 1.71. The van der Waals surface area contributed by atoms with Crippen LogP contribution in [0, 0.1) is 11.6 Å². The quantitative estimate of drug-likeness (QED) is 0.735. The summed E-state index contributed by atoms with van der Waals surface area (Å²) in [6, 6.07) is 2.84. The van der Waals surface area contributed by atoms with Crippen LogP contribution >= 0.6 is 0 Å². The Hall–Kier alpha value is -1.03. The number of halogens is 3. The monoisotopic (exact) mass is 201 g/mol. The van der Waals surface area contributed by atoms with Crippen LogP contribution in [0.25, 0.3) is 0 Å². The summed E-state index contributed by atoms with van der Waals surface area (Å²) in [5, 5.41) is 2.81. The Morgan fingerprint density at radius 2 is 2.07 bits per heavy atom. The molecule has 0 unspecified atom stereocenters. The van der Waals surface area contributed by atoms with E-state index in [1.165, 1.54) is 0 Å². The maximum atomic E-state index is 13.2. The maximum Gasteiger partial charge on any atom is 0.128 e. The lowest BCUT2D eigenvalue weighted by molar-refractivity contribution is 0.355. The average molecular weight is 201 g/mol. The average Bonchev–Trinajstić information content (AvgIpc) is 2.56. The molecule has 1 fully saturated rings. The van der Waals surface area contributed by atoms with E-state index in [2.05, 4.69) is 5.32 Å². The van der Waals surface area contributed by atoms with Crippen LogP contribution in [0.15, 0.2) is 18.2 Å². The van der Waals surface area contributed by atoms with E-state index >= 15 is 0 Å². The number of nitrogens with one attached hydrogen (secondary N) is 1. The Labute approximate surface area is 79.9 Å². The molecule has 1 aromatic carbocycles. The van der Waals surface area contributed by atoms with Gasteiger partial charge in [-0.3, -0.25) is 0 Å². The first-order valence-electron chi connectivity index (χ1n) is 4.49. The zero-order chi connectivity index (χ0) is 10.1. The van der Waals surface area contributed by atoms with E-state index < -0.39 is 23.8 Å². The molecule has 1 N–H and O–H groups in total. The topological polar surface area (TPSA) is 12.0 Å². The van der Waals surface area contributed by atoms with E-state index in [-0.39, 0.29) is 18.5 Å². The molecule has 76 valence electrons. The summed E-state index contributed by atoms with van der Waals surface area (Å²) < 4.78 is 38.8. The van der Waals surface area contributed by atoms with Crippen LogP contribution in [-0.2, 0) is 0 Å². The second kappa shape index (κ2) is 3.61. The zero-order valence-electron chi connectivity index (χ0n) is 7.43. The first-order valence-corrected chi connectivity index (χ1v) is 4.49. The van der Waals surface area contributed by atoms with Crippen molar-refractivity contribution in [1.29, 1.82) is 0 Å². The zero-order valence-corrected chi connectivity index (χ0v) is 7.43. The van der Waals surface area contributed by atoms with Crippen LogP contribution in [0.5, 0.6) is 0 Å². The highest BCUT2D eigenvalue weighted by Gasteiger charge is 2.26. The Balaban J connectivity index is 2.27. The lowest BCUT2D eigenvalue weighted by Crippen LogP contribution is -2.15. The molecule has 1 aliphatic rings. The van der Waals surface area contributed by atoms with E-state index in [9.17, 15) is 13.2 Å². The van der Waals surface area contributed by atoms with E-state index in [0.717, 1.165) is 18.2 Å². The summed E-state index contributed by atoms with van der Waals surface area (Å²) in [6.45, 7) is 0.209. The lowest BCUT2D eigenvalue weighted by atomic mass is 10.0. The van der Waals surface area contributed by atoms with Crippen molar-refractivity contribution in [3.63, 3.8) is 0 Å². The van der Waals surface area contributed by atoms with Gasteiger partial charge < -0.3 is 5.32 Å². The van der Waals surface area contributed by atoms with Crippen molar-refractivity contribution in [2.45, 2.75) is 18.6 Å². The lowest BCUT2D eigenvalue weighted by Gasteiger charge is -2.10. The minimum absolute atomic E-state index is 0.209. The molecule has 2 atom stereocenters. The maximum absolute atomic E-state index is 13.2. The third kappa shape index (κ3) is 1.75. The molecule has 0 amide bonds. The van der Waals surface area contributed by atoms with Crippen LogP contribution < -0.4 is 5.32 Å². The Kier molecular flexibility index (Phi) is 2.46. The van der Waals surface area contributed by atoms with Crippen molar-refractivity contribution in [2.24, 2.45) is 0 Å². The van der Waals surface area contributed by atoms with Crippen LogP contribution in [0.1, 0.15) is 18.0 Å². The fraction of sp³-hybridized carbons (Fsp3) is 0.400. The molecule has 1 heterocycles. The predicted octanol–water partition coefficient (Wildman–Crippen LogP) is 2.34. The smallest absolute Gasteiger partial charge is 0.128 e. The van der Waals surface area contributed by atoms with Crippen molar-refractivity contribution < 1.29 is 13.2 Å². The molecule has 14 heavy (non-hydrogen) atoms. The standard InChI is InChI=1S/C10H10F3N/c11-6-1-2-9(13)8(3-6)10-4-7(12)5-14-10/h1-3,7,10,14H,4-5H2/t7-,10+/m1/s1. The molecule has 1 aliphatic heterocycles. The number of hydrogen-bond acceptors (Lipinski definition) is 1. The summed E-state index contributed by atoms with van der Waals surface area (Å²) in [4.78, 5) is 0. The fourth-order valence-electron chi connectivity index (χ4n) is 1.71.